The van der Waals surface area contributed by atoms with Crippen LogP contribution in [0.3, 0.4) is 0 Å². The molecule has 1 aliphatic heterocycles. The van der Waals surface area contributed by atoms with E-state index in [4.69, 9.17) is 10.5 Å². The average Bonchev–Trinajstić information content (AvgIpc) is 2.46. The highest BCUT2D eigenvalue weighted by molar-refractivity contribution is 5.68. The maximum absolute atomic E-state index is 12.1. The highest BCUT2D eigenvalue weighted by atomic mass is 16.6. The summed E-state index contributed by atoms with van der Waals surface area (Å²) in [5.41, 5.74) is 6.53. The van der Waals surface area contributed by atoms with Crippen LogP contribution in [0.25, 0.3) is 0 Å². The fourth-order valence-electron chi connectivity index (χ4n) is 2.33. The topological polar surface area (TPSA) is 71.7 Å². The van der Waals surface area contributed by atoms with Crippen LogP contribution in [0.2, 0.25) is 0 Å². The molecular weight excluding hydrogens is 280 g/mol. The number of hydrogen-bond acceptors (Lipinski definition) is 5. The van der Waals surface area contributed by atoms with E-state index in [1.807, 2.05) is 39.8 Å². The molecule has 1 amide bonds. The number of nitrogens with zero attached hydrogens (tertiary/aromatic N) is 3. The lowest BCUT2D eigenvalue weighted by Crippen LogP contribution is -2.50. The molecule has 1 fully saturated rings. The van der Waals surface area contributed by atoms with Crippen LogP contribution < -0.4 is 10.6 Å². The van der Waals surface area contributed by atoms with Gasteiger partial charge in [0.05, 0.1) is 0 Å². The molecule has 1 aromatic heterocycles. The molecule has 2 heterocycles. The standard InChI is InChI=1S/C16H26N4O2/c1-12(17)13-5-6-18-14(11-13)19-7-9-20(10-8-19)15(21)22-16(2,3)4/h5-6,11-12H,7-10,17H2,1-4H3. The first-order valence-electron chi connectivity index (χ1n) is 7.71. The van der Waals surface area contributed by atoms with Gasteiger partial charge in [-0.25, -0.2) is 9.78 Å². The lowest BCUT2D eigenvalue weighted by Gasteiger charge is -2.36. The quantitative estimate of drug-likeness (QED) is 0.906. The molecule has 1 atom stereocenters. The van der Waals surface area contributed by atoms with E-state index in [-0.39, 0.29) is 12.1 Å². The Morgan fingerprint density at radius 2 is 1.95 bits per heavy atom. The lowest BCUT2D eigenvalue weighted by atomic mass is 10.1. The zero-order chi connectivity index (χ0) is 16.3. The van der Waals surface area contributed by atoms with Crippen LogP contribution in [-0.2, 0) is 4.74 Å². The van der Waals surface area contributed by atoms with Gasteiger partial charge < -0.3 is 20.3 Å². The first kappa shape index (κ1) is 16.5. The molecule has 2 N–H and O–H groups in total. The van der Waals surface area contributed by atoms with E-state index >= 15 is 0 Å². The third-order valence-electron chi connectivity index (χ3n) is 3.55. The molecule has 6 nitrogen and oxygen atoms in total. The number of aromatic nitrogens is 1. The van der Waals surface area contributed by atoms with Crippen LogP contribution in [0.5, 0.6) is 0 Å². The number of hydrogen-bond donors (Lipinski definition) is 1. The molecule has 122 valence electrons. The molecule has 22 heavy (non-hydrogen) atoms. The number of carbonyl (C=O) groups excluding carboxylic acids is 1. The number of anilines is 1. The predicted octanol–water partition coefficient (Wildman–Crippen LogP) is 2.16. The molecule has 1 aliphatic rings. The number of rotatable bonds is 2. The van der Waals surface area contributed by atoms with Crippen molar-refractivity contribution >= 4 is 11.9 Å². The zero-order valence-corrected chi connectivity index (χ0v) is 13.9. The van der Waals surface area contributed by atoms with Crippen molar-refractivity contribution in [1.82, 2.24) is 9.88 Å². The number of carbonyl (C=O) groups is 1. The van der Waals surface area contributed by atoms with Gasteiger partial charge in [0.25, 0.3) is 0 Å². The van der Waals surface area contributed by atoms with E-state index in [0.717, 1.165) is 24.5 Å². The van der Waals surface area contributed by atoms with Gasteiger partial charge >= 0.3 is 6.09 Å². The number of amides is 1. The minimum atomic E-state index is -0.457. The third kappa shape index (κ3) is 4.34. The minimum Gasteiger partial charge on any atom is -0.444 e. The van der Waals surface area contributed by atoms with Gasteiger partial charge in [0, 0.05) is 38.4 Å². The fourth-order valence-corrected chi connectivity index (χ4v) is 2.33. The summed E-state index contributed by atoms with van der Waals surface area (Å²) in [4.78, 5) is 20.4. The van der Waals surface area contributed by atoms with Crippen molar-refractivity contribution in [2.45, 2.75) is 39.3 Å². The Bertz CT molecular complexity index is 517. The summed E-state index contributed by atoms with van der Waals surface area (Å²) in [6, 6.07) is 3.95. The Hall–Kier alpha value is -1.82. The summed E-state index contributed by atoms with van der Waals surface area (Å²) in [5.74, 6) is 0.915. The summed E-state index contributed by atoms with van der Waals surface area (Å²) in [6.07, 6.45) is 1.54. The minimum absolute atomic E-state index is 0.00944. The summed E-state index contributed by atoms with van der Waals surface area (Å²) in [6.45, 7) is 10.4. The van der Waals surface area contributed by atoms with Crippen LogP contribution >= 0.6 is 0 Å². The normalized spacial score (nSPS) is 17.3. The number of ether oxygens (including phenoxy) is 1. The molecule has 1 saturated heterocycles. The van der Waals surface area contributed by atoms with Crippen molar-refractivity contribution in [3.05, 3.63) is 23.9 Å². The number of piperazine rings is 1. The van der Waals surface area contributed by atoms with Gasteiger partial charge in [-0.1, -0.05) is 0 Å². The molecule has 0 bridgehead atoms. The van der Waals surface area contributed by atoms with Gasteiger partial charge in [0.2, 0.25) is 0 Å². The highest BCUT2D eigenvalue weighted by Crippen LogP contribution is 2.19. The summed E-state index contributed by atoms with van der Waals surface area (Å²) >= 11 is 0. The van der Waals surface area contributed by atoms with Crippen molar-refractivity contribution in [2.24, 2.45) is 5.73 Å². The number of pyridine rings is 1. The van der Waals surface area contributed by atoms with Crippen LogP contribution in [0.4, 0.5) is 10.6 Å². The van der Waals surface area contributed by atoms with E-state index in [0.29, 0.717) is 13.1 Å². The van der Waals surface area contributed by atoms with Gasteiger partial charge in [-0.05, 0) is 45.4 Å². The Labute approximate surface area is 132 Å². The molecule has 0 saturated carbocycles. The maximum atomic E-state index is 12.1. The van der Waals surface area contributed by atoms with Crippen molar-refractivity contribution in [1.29, 1.82) is 0 Å². The van der Waals surface area contributed by atoms with E-state index < -0.39 is 5.60 Å². The molecule has 6 heteroatoms. The second-order valence-corrected chi connectivity index (χ2v) is 6.69. The fraction of sp³-hybridized carbons (Fsp3) is 0.625. The second kappa shape index (κ2) is 6.52. The monoisotopic (exact) mass is 306 g/mol. The van der Waals surface area contributed by atoms with Crippen LogP contribution in [-0.4, -0.2) is 47.8 Å². The molecular formula is C16H26N4O2. The zero-order valence-electron chi connectivity index (χ0n) is 13.9. The van der Waals surface area contributed by atoms with Crippen molar-refractivity contribution in [3.63, 3.8) is 0 Å². The maximum Gasteiger partial charge on any atom is 0.410 e. The molecule has 0 radical (unpaired) electrons. The summed E-state index contributed by atoms with van der Waals surface area (Å²) in [5, 5.41) is 0. The number of nitrogens with two attached hydrogens (primary N) is 1. The summed E-state index contributed by atoms with van der Waals surface area (Å²) < 4.78 is 5.41. The van der Waals surface area contributed by atoms with Gasteiger partial charge in [0.1, 0.15) is 11.4 Å². The lowest BCUT2D eigenvalue weighted by molar-refractivity contribution is 0.0240. The predicted molar refractivity (Wildman–Crippen MR) is 86.9 cm³/mol. The second-order valence-electron chi connectivity index (χ2n) is 6.69. The Balaban J connectivity index is 1.95. The summed E-state index contributed by atoms with van der Waals surface area (Å²) in [7, 11) is 0. The smallest absolute Gasteiger partial charge is 0.410 e. The SMILES string of the molecule is CC(N)c1ccnc(N2CCN(C(=O)OC(C)(C)C)CC2)c1. The Morgan fingerprint density at radius 3 is 2.50 bits per heavy atom. The largest absolute Gasteiger partial charge is 0.444 e. The third-order valence-corrected chi connectivity index (χ3v) is 3.55. The Morgan fingerprint density at radius 1 is 1.32 bits per heavy atom. The van der Waals surface area contributed by atoms with E-state index in [1.165, 1.54) is 0 Å². The molecule has 0 aromatic carbocycles. The molecule has 0 spiro atoms. The van der Waals surface area contributed by atoms with Gasteiger partial charge in [0.15, 0.2) is 0 Å². The van der Waals surface area contributed by atoms with Gasteiger partial charge in [-0.15, -0.1) is 0 Å². The average molecular weight is 306 g/mol. The Kier molecular flexibility index (Phi) is 4.90. The van der Waals surface area contributed by atoms with Crippen molar-refractivity contribution < 1.29 is 9.53 Å². The van der Waals surface area contributed by atoms with E-state index in [1.54, 1.807) is 11.1 Å². The van der Waals surface area contributed by atoms with Gasteiger partial charge in [-0.3, -0.25) is 0 Å². The molecule has 1 aromatic rings. The van der Waals surface area contributed by atoms with E-state index in [9.17, 15) is 4.79 Å². The first-order chi connectivity index (χ1) is 10.3. The van der Waals surface area contributed by atoms with Crippen LogP contribution in [0, 0.1) is 0 Å². The highest BCUT2D eigenvalue weighted by Gasteiger charge is 2.26. The van der Waals surface area contributed by atoms with Crippen molar-refractivity contribution in [2.75, 3.05) is 31.1 Å². The molecule has 1 unspecified atom stereocenters. The van der Waals surface area contributed by atoms with Gasteiger partial charge in [-0.2, -0.15) is 0 Å². The van der Waals surface area contributed by atoms with E-state index in [2.05, 4.69) is 9.88 Å². The van der Waals surface area contributed by atoms with Crippen LogP contribution in [0.1, 0.15) is 39.3 Å². The molecule has 0 aliphatic carbocycles. The van der Waals surface area contributed by atoms with Crippen molar-refractivity contribution in [3.8, 4) is 0 Å². The molecule has 2 rings (SSSR count). The van der Waals surface area contributed by atoms with Crippen LogP contribution in [0.15, 0.2) is 18.3 Å². The first-order valence-corrected chi connectivity index (χ1v) is 7.71.